The Hall–Kier alpha value is -0.450. The minimum absolute atomic E-state index is 0.270. The Morgan fingerprint density at radius 3 is 2.87 bits per heavy atom. The lowest BCUT2D eigenvalue weighted by Gasteiger charge is -2.21. The third-order valence-corrected chi connectivity index (χ3v) is 3.13. The fourth-order valence-corrected chi connectivity index (χ4v) is 2.49. The van der Waals surface area contributed by atoms with Gasteiger partial charge in [0.25, 0.3) is 0 Å². The standard InChI is InChI=1S/C11H13BrFNO/c12-9-3-8(4-10(13)5-9)6-11(15)1-2-14-7-11/h3-5,14-15H,1-2,6-7H2. The van der Waals surface area contributed by atoms with E-state index in [1.807, 2.05) is 6.07 Å². The molecule has 2 rings (SSSR count). The molecule has 0 amide bonds. The van der Waals surface area contributed by atoms with Gasteiger partial charge in [-0.15, -0.1) is 0 Å². The molecule has 1 aliphatic rings. The van der Waals surface area contributed by atoms with E-state index in [0.717, 1.165) is 18.5 Å². The van der Waals surface area contributed by atoms with Gasteiger partial charge in [-0.25, -0.2) is 4.39 Å². The third kappa shape index (κ3) is 2.77. The van der Waals surface area contributed by atoms with Gasteiger partial charge in [0.05, 0.1) is 5.60 Å². The summed E-state index contributed by atoms with van der Waals surface area (Å²) in [6.45, 7) is 1.41. The van der Waals surface area contributed by atoms with E-state index in [1.54, 1.807) is 0 Å². The Bertz CT molecular complexity index is 343. The number of halogens is 2. The van der Waals surface area contributed by atoms with Crippen molar-refractivity contribution in [3.8, 4) is 0 Å². The van der Waals surface area contributed by atoms with Gasteiger partial charge in [0.1, 0.15) is 5.82 Å². The average Bonchev–Trinajstić information content (AvgIpc) is 2.49. The summed E-state index contributed by atoms with van der Waals surface area (Å²) < 4.78 is 13.8. The van der Waals surface area contributed by atoms with Crippen LogP contribution in [0.25, 0.3) is 0 Å². The molecule has 0 radical (unpaired) electrons. The molecule has 1 saturated heterocycles. The Labute approximate surface area is 96.6 Å². The second kappa shape index (κ2) is 4.20. The normalized spacial score (nSPS) is 25.8. The SMILES string of the molecule is OC1(Cc2cc(F)cc(Br)c2)CCNC1. The minimum Gasteiger partial charge on any atom is -0.388 e. The van der Waals surface area contributed by atoms with E-state index < -0.39 is 5.60 Å². The lowest BCUT2D eigenvalue weighted by Crippen LogP contribution is -2.33. The van der Waals surface area contributed by atoms with Gasteiger partial charge in [-0.2, -0.15) is 0 Å². The molecule has 0 saturated carbocycles. The van der Waals surface area contributed by atoms with Crippen LogP contribution in [0.15, 0.2) is 22.7 Å². The molecule has 15 heavy (non-hydrogen) atoms. The Morgan fingerprint density at radius 1 is 1.47 bits per heavy atom. The zero-order valence-corrected chi connectivity index (χ0v) is 9.85. The lowest BCUT2D eigenvalue weighted by atomic mass is 9.94. The number of rotatable bonds is 2. The van der Waals surface area contributed by atoms with Crippen molar-refractivity contribution in [3.05, 3.63) is 34.1 Å². The maximum atomic E-state index is 13.1. The van der Waals surface area contributed by atoms with Crippen LogP contribution in [0.1, 0.15) is 12.0 Å². The van der Waals surface area contributed by atoms with Crippen LogP contribution in [0.3, 0.4) is 0 Å². The number of benzene rings is 1. The molecule has 2 N–H and O–H groups in total. The Balaban J connectivity index is 2.16. The fraction of sp³-hybridized carbons (Fsp3) is 0.455. The van der Waals surface area contributed by atoms with Crippen molar-refractivity contribution in [2.75, 3.05) is 13.1 Å². The molecule has 1 aliphatic heterocycles. The smallest absolute Gasteiger partial charge is 0.124 e. The van der Waals surface area contributed by atoms with E-state index in [4.69, 9.17) is 0 Å². The predicted octanol–water partition coefficient (Wildman–Crippen LogP) is 1.86. The Kier molecular flexibility index (Phi) is 3.09. The number of β-amino-alcohol motifs (C(OH)–C–C–N with tert-alkyl or cyclic N) is 1. The van der Waals surface area contributed by atoms with Gasteiger partial charge in [0, 0.05) is 17.4 Å². The third-order valence-electron chi connectivity index (χ3n) is 2.68. The van der Waals surface area contributed by atoms with Crippen LogP contribution in [0.2, 0.25) is 0 Å². The first-order valence-corrected chi connectivity index (χ1v) is 5.75. The summed E-state index contributed by atoms with van der Waals surface area (Å²) in [7, 11) is 0. The van der Waals surface area contributed by atoms with Crippen LogP contribution in [0.4, 0.5) is 4.39 Å². The van der Waals surface area contributed by atoms with E-state index in [1.165, 1.54) is 12.1 Å². The van der Waals surface area contributed by atoms with Crippen LogP contribution in [-0.2, 0) is 6.42 Å². The molecule has 1 atom stereocenters. The summed E-state index contributed by atoms with van der Waals surface area (Å²) in [6.07, 6.45) is 1.22. The summed E-state index contributed by atoms with van der Waals surface area (Å²) in [6, 6.07) is 4.74. The monoisotopic (exact) mass is 273 g/mol. The first kappa shape index (κ1) is 11.0. The molecule has 1 aromatic carbocycles. The van der Waals surface area contributed by atoms with Crippen LogP contribution >= 0.6 is 15.9 Å². The van der Waals surface area contributed by atoms with E-state index in [0.29, 0.717) is 17.4 Å². The highest BCUT2D eigenvalue weighted by Gasteiger charge is 2.31. The number of aliphatic hydroxyl groups is 1. The van der Waals surface area contributed by atoms with Crippen molar-refractivity contribution in [1.82, 2.24) is 5.32 Å². The molecule has 1 fully saturated rings. The molecule has 1 aromatic rings. The van der Waals surface area contributed by atoms with E-state index >= 15 is 0 Å². The number of hydrogen-bond donors (Lipinski definition) is 2. The molecule has 1 heterocycles. The highest BCUT2D eigenvalue weighted by atomic mass is 79.9. The van der Waals surface area contributed by atoms with E-state index in [9.17, 15) is 9.50 Å². The largest absolute Gasteiger partial charge is 0.388 e. The molecule has 0 aliphatic carbocycles. The second-order valence-corrected chi connectivity index (χ2v) is 5.02. The van der Waals surface area contributed by atoms with Gasteiger partial charge in [0.2, 0.25) is 0 Å². The molecule has 0 spiro atoms. The van der Waals surface area contributed by atoms with Gasteiger partial charge in [-0.3, -0.25) is 0 Å². The quantitative estimate of drug-likeness (QED) is 0.862. The van der Waals surface area contributed by atoms with Crippen LogP contribution in [0.5, 0.6) is 0 Å². The van der Waals surface area contributed by atoms with Crippen molar-refractivity contribution in [3.63, 3.8) is 0 Å². The number of hydrogen-bond acceptors (Lipinski definition) is 2. The fourth-order valence-electron chi connectivity index (χ4n) is 1.97. The second-order valence-electron chi connectivity index (χ2n) is 4.11. The van der Waals surface area contributed by atoms with Crippen molar-refractivity contribution in [2.24, 2.45) is 0 Å². The molecule has 0 bridgehead atoms. The maximum Gasteiger partial charge on any atom is 0.124 e. The summed E-state index contributed by atoms with van der Waals surface area (Å²) in [5.41, 5.74) is 0.112. The summed E-state index contributed by atoms with van der Waals surface area (Å²) in [5.74, 6) is -0.270. The van der Waals surface area contributed by atoms with Crippen molar-refractivity contribution in [1.29, 1.82) is 0 Å². The van der Waals surface area contributed by atoms with Crippen LogP contribution in [-0.4, -0.2) is 23.8 Å². The zero-order chi connectivity index (χ0) is 10.9. The summed E-state index contributed by atoms with van der Waals surface area (Å²) in [4.78, 5) is 0. The highest BCUT2D eigenvalue weighted by Crippen LogP contribution is 2.23. The van der Waals surface area contributed by atoms with Crippen LogP contribution < -0.4 is 5.32 Å². The van der Waals surface area contributed by atoms with Gasteiger partial charge < -0.3 is 10.4 Å². The maximum absolute atomic E-state index is 13.1. The van der Waals surface area contributed by atoms with Crippen molar-refractivity contribution >= 4 is 15.9 Å². The van der Waals surface area contributed by atoms with Gasteiger partial charge >= 0.3 is 0 Å². The van der Waals surface area contributed by atoms with Gasteiger partial charge in [-0.05, 0) is 36.7 Å². The first-order valence-electron chi connectivity index (χ1n) is 4.95. The minimum atomic E-state index is -0.715. The number of nitrogens with one attached hydrogen (secondary N) is 1. The molecular weight excluding hydrogens is 261 g/mol. The zero-order valence-electron chi connectivity index (χ0n) is 8.26. The molecule has 0 aromatic heterocycles. The summed E-state index contributed by atoms with van der Waals surface area (Å²) >= 11 is 3.24. The molecule has 4 heteroatoms. The van der Waals surface area contributed by atoms with Crippen molar-refractivity contribution in [2.45, 2.75) is 18.4 Å². The van der Waals surface area contributed by atoms with E-state index in [2.05, 4.69) is 21.2 Å². The average molecular weight is 274 g/mol. The predicted molar refractivity (Wildman–Crippen MR) is 60.2 cm³/mol. The molecule has 1 unspecified atom stereocenters. The van der Waals surface area contributed by atoms with Crippen molar-refractivity contribution < 1.29 is 9.50 Å². The highest BCUT2D eigenvalue weighted by molar-refractivity contribution is 9.10. The molecular formula is C11H13BrFNO. The molecule has 2 nitrogen and oxygen atoms in total. The van der Waals surface area contributed by atoms with Gasteiger partial charge in [-0.1, -0.05) is 15.9 Å². The molecule has 82 valence electrons. The lowest BCUT2D eigenvalue weighted by molar-refractivity contribution is 0.0618. The first-order chi connectivity index (χ1) is 7.07. The van der Waals surface area contributed by atoms with E-state index in [-0.39, 0.29) is 5.82 Å². The Morgan fingerprint density at radius 2 is 2.27 bits per heavy atom. The van der Waals surface area contributed by atoms with Gasteiger partial charge in [0.15, 0.2) is 0 Å². The van der Waals surface area contributed by atoms with Crippen LogP contribution in [0, 0.1) is 5.82 Å². The topological polar surface area (TPSA) is 32.3 Å². The summed E-state index contributed by atoms with van der Waals surface area (Å²) in [5, 5.41) is 13.2.